The molecule has 0 aliphatic rings. The fraction of sp³-hybridized carbons (Fsp3) is 0. The molecule has 1 aromatic carbocycles. The van der Waals surface area contributed by atoms with Gasteiger partial charge in [0.05, 0.1) is 10.5 Å². The maximum atomic E-state index is 10.4. The van der Waals surface area contributed by atoms with Gasteiger partial charge >= 0.3 is 0 Å². The number of benzene rings is 1. The van der Waals surface area contributed by atoms with Gasteiger partial charge in [0, 0.05) is 12.1 Å². The van der Waals surface area contributed by atoms with E-state index in [1.165, 1.54) is 30.3 Å². The van der Waals surface area contributed by atoms with Crippen LogP contribution < -0.4 is 5.73 Å². The molecule has 0 aliphatic carbocycles. The summed E-state index contributed by atoms with van der Waals surface area (Å²) in [5.74, 6) is 0. The molecule has 0 radical (unpaired) electrons. The molecule has 0 aromatic heterocycles. The van der Waals surface area contributed by atoms with Crippen molar-refractivity contribution < 1.29 is 4.92 Å². The number of nitro groups is 1. The zero-order chi connectivity index (χ0) is 12.1. The van der Waals surface area contributed by atoms with Crippen LogP contribution in [0, 0.1) is 21.4 Å². The number of hydrogen-bond acceptors (Lipinski definition) is 4. The Morgan fingerprint density at radius 1 is 1.50 bits per heavy atom. The van der Waals surface area contributed by atoms with E-state index in [1.54, 1.807) is 0 Å². The summed E-state index contributed by atoms with van der Waals surface area (Å²) in [6.45, 7) is 0. The van der Waals surface area contributed by atoms with E-state index in [-0.39, 0.29) is 16.2 Å². The Hall–Kier alpha value is -2.26. The molecular weight excluding hydrogens is 226 g/mol. The quantitative estimate of drug-likeness (QED) is 0.282. The van der Waals surface area contributed by atoms with Crippen molar-refractivity contribution in [2.24, 2.45) is 5.73 Å². The molecule has 0 amide bonds. The van der Waals surface area contributed by atoms with Gasteiger partial charge in [-0.2, -0.15) is 5.26 Å². The smallest absolute Gasteiger partial charge is 0.269 e. The Labute approximate surface area is 96.9 Å². The van der Waals surface area contributed by atoms with Gasteiger partial charge in [0.1, 0.15) is 11.1 Å². The predicted molar refractivity (Wildman–Crippen MR) is 63.5 cm³/mol. The van der Waals surface area contributed by atoms with Gasteiger partial charge in [-0.1, -0.05) is 12.2 Å². The van der Waals surface area contributed by atoms with Crippen molar-refractivity contribution in [3.05, 3.63) is 45.5 Å². The van der Waals surface area contributed by atoms with Gasteiger partial charge in [0.2, 0.25) is 0 Å². The second-order valence-corrected chi connectivity index (χ2v) is 3.32. The van der Waals surface area contributed by atoms with E-state index < -0.39 is 4.92 Å². The van der Waals surface area contributed by atoms with E-state index in [4.69, 9.17) is 11.0 Å². The van der Waals surface area contributed by atoms with E-state index in [0.29, 0.717) is 5.56 Å². The van der Waals surface area contributed by atoms with Crippen molar-refractivity contribution in [3.8, 4) is 6.07 Å². The summed E-state index contributed by atoms with van der Waals surface area (Å²) in [6, 6.07) is 7.59. The average Bonchev–Trinajstić information content (AvgIpc) is 2.26. The lowest BCUT2D eigenvalue weighted by atomic mass is 10.1. The highest BCUT2D eigenvalue weighted by Gasteiger charge is 2.04. The summed E-state index contributed by atoms with van der Waals surface area (Å²) in [6.07, 6.45) is 1.48. The standard InChI is InChI=1S/C10H7N3O2S/c11-6-8(10(12)16)5-7-1-3-9(4-2-7)13(14)15/h1-5H,(H2,12,16). The fourth-order valence-corrected chi connectivity index (χ4v) is 1.12. The first-order valence-electron chi connectivity index (χ1n) is 4.20. The topological polar surface area (TPSA) is 92.9 Å². The lowest BCUT2D eigenvalue weighted by molar-refractivity contribution is -0.384. The molecule has 0 unspecified atom stereocenters. The van der Waals surface area contributed by atoms with Crippen LogP contribution in [0.5, 0.6) is 0 Å². The second kappa shape index (κ2) is 5.00. The van der Waals surface area contributed by atoms with Gasteiger partial charge < -0.3 is 5.73 Å². The number of rotatable bonds is 3. The molecule has 80 valence electrons. The Morgan fingerprint density at radius 3 is 2.44 bits per heavy atom. The molecular formula is C10H7N3O2S. The summed E-state index contributed by atoms with van der Waals surface area (Å²) in [5.41, 5.74) is 6.10. The average molecular weight is 233 g/mol. The van der Waals surface area contributed by atoms with Crippen LogP contribution in [0.1, 0.15) is 5.56 Å². The van der Waals surface area contributed by atoms with Gasteiger partial charge in [-0.05, 0) is 23.8 Å². The molecule has 0 bridgehead atoms. The lowest BCUT2D eigenvalue weighted by Crippen LogP contribution is -2.09. The second-order valence-electron chi connectivity index (χ2n) is 2.88. The van der Waals surface area contributed by atoms with Gasteiger partial charge in [-0.15, -0.1) is 0 Å². The SMILES string of the molecule is N#CC(=Cc1ccc([N+](=O)[O-])cc1)C(N)=S. The fourth-order valence-electron chi connectivity index (χ4n) is 1.02. The van der Waals surface area contributed by atoms with E-state index >= 15 is 0 Å². The molecule has 0 fully saturated rings. The number of nitrogens with two attached hydrogens (primary N) is 1. The van der Waals surface area contributed by atoms with Crippen molar-refractivity contribution >= 4 is 29.0 Å². The maximum Gasteiger partial charge on any atom is 0.269 e. The van der Waals surface area contributed by atoms with Crippen LogP contribution in [-0.2, 0) is 0 Å². The van der Waals surface area contributed by atoms with Crippen molar-refractivity contribution in [1.82, 2.24) is 0 Å². The molecule has 0 aliphatic heterocycles. The molecule has 0 heterocycles. The Bertz CT molecular complexity index is 500. The zero-order valence-electron chi connectivity index (χ0n) is 8.08. The number of hydrogen-bond donors (Lipinski definition) is 1. The van der Waals surface area contributed by atoms with E-state index in [2.05, 4.69) is 12.2 Å². The molecule has 6 heteroatoms. The van der Waals surface area contributed by atoms with E-state index in [0.717, 1.165) is 0 Å². The third-order valence-corrected chi connectivity index (χ3v) is 2.02. The highest BCUT2D eigenvalue weighted by molar-refractivity contribution is 7.80. The molecule has 0 spiro atoms. The first kappa shape index (κ1) is 11.8. The first-order valence-corrected chi connectivity index (χ1v) is 4.61. The summed E-state index contributed by atoms with van der Waals surface area (Å²) < 4.78 is 0. The molecule has 0 saturated heterocycles. The minimum absolute atomic E-state index is 0.000790. The van der Waals surface area contributed by atoms with Crippen LogP contribution in [0.3, 0.4) is 0 Å². The summed E-state index contributed by atoms with van der Waals surface area (Å²) in [4.78, 5) is 9.90. The molecule has 1 rings (SSSR count). The minimum atomic E-state index is -0.494. The molecule has 0 saturated carbocycles. The largest absolute Gasteiger partial charge is 0.389 e. The summed E-state index contributed by atoms with van der Waals surface area (Å²) in [7, 11) is 0. The number of nitro benzene ring substituents is 1. The predicted octanol–water partition coefficient (Wildman–Crippen LogP) is 1.79. The van der Waals surface area contributed by atoms with Crippen molar-refractivity contribution in [2.45, 2.75) is 0 Å². The van der Waals surface area contributed by atoms with Gasteiger partial charge in [-0.25, -0.2) is 0 Å². The van der Waals surface area contributed by atoms with Crippen molar-refractivity contribution in [1.29, 1.82) is 5.26 Å². The number of non-ortho nitro benzene ring substituents is 1. The molecule has 5 nitrogen and oxygen atoms in total. The molecule has 2 N–H and O–H groups in total. The van der Waals surface area contributed by atoms with Gasteiger partial charge in [0.25, 0.3) is 5.69 Å². The third kappa shape index (κ3) is 2.87. The Kier molecular flexibility index (Phi) is 3.69. The summed E-state index contributed by atoms with van der Waals surface area (Å²) >= 11 is 4.66. The number of nitriles is 1. The highest BCUT2D eigenvalue weighted by atomic mass is 32.1. The van der Waals surface area contributed by atoms with Crippen LogP contribution in [0.4, 0.5) is 5.69 Å². The monoisotopic (exact) mass is 233 g/mol. The minimum Gasteiger partial charge on any atom is -0.389 e. The Balaban J connectivity index is 3.04. The van der Waals surface area contributed by atoms with Gasteiger partial charge in [-0.3, -0.25) is 10.1 Å². The van der Waals surface area contributed by atoms with Crippen LogP contribution in [0.25, 0.3) is 6.08 Å². The summed E-state index contributed by atoms with van der Waals surface area (Å²) in [5, 5.41) is 19.1. The molecule has 0 atom stereocenters. The Morgan fingerprint density at radius 2 is 2.06 bits per heavy atom. The van der Waals surface area contributed by atoms with E-state index in [9.17, 15) is 10.1 Å². The van der Waals surface area contributed by atoms with Gasteiger partial charge in [0.15, 0.2) is 0 Å². The third-order valence-electron chi connectivity index (χ3n) is 1.80. The maximum absolute atomic E-state index is 10.4. The lowest BCUT2D eigenvalue weighted by Gasteiger charge is -1.96. The first-order chi connectivity index (χ1) is 7.54. The van der Waals surface area contributed by atoms with Crippen LogP contribution in [0.2, 0.25) is 0 Å². The van der Waals surface area contributed by atoms with E-state index in [1.807, 2.05) is 6.07 Å². The van der Waals surface area contributed by atoms with Crippen LogP contribution >= 0.6 is 12.2 Å². The molecule has 16 heavy (non-hydrogen) atoms. The van der Waals surface area contributed by atoms with Crippen LogP contribution in [0.15, 0.2) is 29.8 Å². The van der Waals surface area contributed by atoms with Crippen molar-refractivity contribution in [3.63, 3.8) is 0 Å². The normalized spacial score (nSPS) is 10.6. The highest BCUT2D eigenvalue weighted by Crippen LogP contribution is 2.14. The molecule has 1 aromatic rings. The number of nitrogens with zero attached hydrogens (tertiary/aromatic N) is 2. The number of thiocarbonyl (C=S) groups is 1. The van der Waals surface area contributed by atoms with Crippen molar-refractivity contribution in [2.75, 3.05) is 0 Å². The zero-order valence-corrected chi connectivity index (χ0v) is 8.90. The van der Waals surface area contributed by atoms with Crippen LogP contribution in [-0.4, -0.2) is 9.91 Å².